The zero-order chi connectivity index (χ0) is 53.9. The van der Waals surface area contributed by atoms with E-state index in [1.807, 2.05) is 35.1 Å². The van der Waals surface area contributed by atoms with Gasteiger partial charge in [-0.2, -0.15) is 18.4 Å². The molecule has 2 heterocycles. The Hall–Kier alpha value is -7.92. The van der Waals surface area contributed by atoms with E-state index in [2.05, 4.69) is 57.0 Å². The van der Waals surface area contributed by atoms with Crippen LogP contribution in [0.3, 0.4) is 0 Å². The number of nitriles is 1. The second-order valence-corrected chi connectivity index (χ2v) is 19.5. The highest BCUT2D eigenvalue weighted by Gasteiger charge is 2.38. The Morgan fingerprint density at radius 3 is 2.23 bits per heavy atom. The van der Waals surface area contributed by atoms with E-state index in [1.165, 1.54) is 26.1 Å². The van der Waals surface area contributed by atoms with Crippen molar-refractivity contribution in [3.05, 3.63) is 88.2 Å². The standard InChI is InChI=1S/C48H62N14O10S/c1-25-38(26(2)58-41(57-25)29-9-11-31(12-10-29)48(4,5)6)44(66)61-35(24-56-73(53,69)70)46(68)62(7)39-30-22-33(40(63)37(23-30)72-19-17-55-47(51)52)32-20-28(8-13-36(32)71-18-15-50)21-34(43(65)54-16-14-49)60-42(64)27(3)59-45(39)67/h8-13,20,22-23,27,34-35,39,56,63H,15-19,21,24,50H2,1-7H3,(H,54,65)(H,59,67)(H,60,64)(H,61,66)(H4,51,52,55)(H2,53,69,70)/t27-,34-,35?,39-/m0/s1. The lowest BCUT2D eigenvalue weighted by atomic mass is 9.86. The van der Waals surface area contributed by atoms with Crippen molar-refractivity contribution in [2.45, 2.75) is 77.5 Å². The predicted octanol–water partition coefficient (Wildman–Crippen LogP) is -0.303. The summed E-state index contributed by atoms with van der Waals surface area (Å²) >= 11 is 0. The first-order chi connectivity index (χ1) is 34.3. The summed E-state index contributed by atoms with van der Waals surface area (Å²) in [6, 6.07) is 10.6. The molecule has 1 aliphatic rings. The van der Waals surface area contributed by atoms with Gasteiger partial charge in [-0.05, 0) is 67.1 Å². The topological polar surface area (TPSA) is 388 Å². The molecular formula is C48H62N14O10S. The van der Waals surface area contributed by atoms with Gasteiger partial charge >= 0.3 is 0 Å². The third-order valence-electron chi connectivity index (χ3n) is 11.5. The fraction of sp³-hybridized carbons (Fsp3) is 0.396. The highest BCUT2D eigenvalue weighted by Crippen LogP contribution is 2.44. The van der Waals surface area contributed by atoms with E-state index in [-0.39, 0.29) is 95.8 Å². The zero-order valence-corrected chi connectivity index (χ0v) is 42.3. The molecule has 0 saturated carbocycles. The third-order valence-corrected chi connectivity index (χ3v) is 12.1. The van der Waals surface area contributed by atoms with E-state index >= 15 is 0 Å². The quantitative estimate of drug-likeness (QED) is 0.0281. The molecule has 1 aliphatic heterocycles. The first kappa shape index (κ1) is 56.0. The number of carbonyl (C=O) groups is 5. The van der Waals surface area contributed by atoms with Crippen molar-refractivity contribution in [3.63, 3.8) is 0 Å². The number of amides is 5. The number of likely N-dealkylation sites (N-methyl/N-ethyl adjacent to an activating group) is 1. The van der Waals surface area contributed by atoms with Crippen LogP contribution in [0.15, 0.2) is 59.6 Å². The molecule has 0 aliphatic carbocycles. The fourth-order valence-corrected chi connectivity index (χ4v) is 8.24. The Labute approximate surface area is 422 Å². The summed E-state index contributed by atoms with van der Waals surface area (Å²) in [6.07, 6.45) is -0.142. The normalized spacial score (nSPS) is 16.3. The number of hydrogen-bond donors (Lipinski definition) is 10. The maximum absolute atomic E-state index is 15.0. The monoisotopic (exact) mass is 1030 g/mol. The van der Waals surface area contributed by atoms with Crippen molar-refractivity contribution in [3.8, 4) is 45.8 Å². The summed E-state index contributed by atoms with van der Waals surface area (Å²) in [6.45, 7) is 9.29. The van der Waals surface area contributed by atoms with Gasteiger partial charge in [0.2, 0.25) is 23.6 Å². The average molecular weight is 1030 g/mol. The lowest BCUT2D eigenvalue weighted by molar-refractivity contribution is -0.141. The second kappa shape index (κ2) is 24.0. The van der Waals surface area contributed by atoms with Crippen LogP contribution in [0.2, 0.25) is 0 Å². The van der Waals surface area contributed by atoms with Crippen LogP contribution in [-0.4, -0.2) is 128 Å². The Bertz CT molecular complexity index is 2890. The van der Waals surface area contributed by atoms with Gasteiger partial charge in [-0.3, -0.25) is 29.0 Å². The van der Waals surface area contributed by atoms with Crippen LogP contribution < -0.4 is 57.8 Å². The van der Waals surface area contributed by atoms with Gasteiger partial charge in [0, 0.05) is 43.2 Å². The number of nitrogens with zero attached hydrogens (tertiary/aromatic N) is 5. The van der Waals surface area contributed by atoms with Crippen molar-refractivity contribution >= 4 is 45.7 Å². The van der Waals surface area contributed by atoms with Gasteiger partial charge in [0.15, 0.2) is 23.3 Å². The van der Waals surface area contributed by atoms with Crippen molar-refractivity contribution in [1.29, 1.82) is 5.26 Å². The number of nitrogens with two attached hydrogens (primary N) is 4. The SMILES string of the molecule is Cc1nc(-c2ccc(C(C)(C)C)cc2)nc(C)c1C(=O)NC(CNS(N)(=O)=O)C(=O)N(C)[C@@H]1C(=O)N[C@@H](C)C(=O)N[C@H](C(=O)NCC#N)Cc2ccc(OCCN)c(c2)-c2cc1cc(OCCN=C(N)N)c2O. The molecular weight excluding hydrogens is 965 g/mol. The van der Waals surface area contributed by atoms with E-state index in [0.29, 0.717) is 17.0 Å². The predicted molar refractivity (Wildman–Crippen MR) is 270 cm³/mol. The number of hydrogen-bond acceptors (Lipinski definition) is 15. The molecule has 1 aromatic heterocycles. The fourth-order valence-electron chi connectivity index (χ4n) is 7.84. The Kier molecular flexibility index (Phi) is 18.4. The summed E-state index contributed by atoms with van der Waals surface area (Å²) in [5, 5.41) is 36.7. The highest BCUT2D eigenvalue weighted by molar-refractivity contribution is 7.87. The molecule has 14 N–H and O–H groups in total. The summed E-state index contributed by atoms with van der Waals surface area (Å²) in [5.41, 5.74) is 19.5. The molecule has 5 rings (SSSR count). The molecule has 0 radical (unpaired) electrons. The number of rotatable bonds is 17. The van der Waals surface area contributed by atoms with Crippen molar-refractivity contribution in [2.75, 3.05) is 46.4 Å². The molecule has 390 valence electrons. The smallest absolute Gasteiger partial charge is 0.274 e. The van der Waals surface area contributed by atoms with Crippen LogP contribution in [0.25, 0.3) is 22.5 Å². The average Bonchev–Trinajstić information content (AvgIpc) is 3.32. The molecule has 0 spiro atoms. The van der Waals surface area contributed by atoms with Gasteiger partial charge in [0.05, 0.1) is 29.6 Å². The molecule has 25 heteroatoms. The van der Waals surface area contributed by atoms with E-state index in [4.69, 9.17) is 31.8 Å². The number of benzene rings is 3. The van der Waals surface area contributed by atoms with Crippen LogP contribution in [0.5, 0.6) is 17.2 Å². The first-order valence-corrected chi connectivity index (χ1v) is 24.5. The van der Waals surface area contributed by atoms with Crippen LogP contribution >= 0.6 is 0 Å². The molecule has 0 saturated heterocycles. The van der Waals surface area contributed by atoms with E-state index in [1.54, 1.807) is 32.0 Å². The van der Waals surface area contributed by atoms with Gasteiger partial charge in [0.25, 0.3) is 16.1 Å². The Balaban J connectivity index is 1.67. The Morgan fingerprint density at radius 2 is 1.63 bits per heavy atom. The maximum atomic E-state index is 15.0. The van der Waals surface area contributed by atoms with E-state index in [9.17, 15) is 42.8 Å². The van der Waals surface area contributed by atoms with Crippen LogP contribution in [0, 0.1) is 25.2 Å². The summed E-state index contributed by atoms with van der Waals surface area (Å²) in [7, 11) is -3.31. The number of carbonyl (C=O) groups excluding carboxylic acids is 5. The zero-order valence-electron chi connectivity index (χ0n) is 41.5. The number of aliphatic imine (C=N–C) groups is 1. The number of aryl methyl sites for hydroxylation is 2. The molecule has 4 bridgehead atoms. The van der Waals surface area contributed by atoms with Gasteiger partial charge < -0.3 is 57.9 Å². The maximum Gasteiger partial charge on any atom is 0.274 e. The summed E-state index contributed by atoms with van der Waals surface area (Å²) in [4.78, 5) is 85.3. The molecule has 24 nitrogen and oxygen atoms in total. The van der Waals surface area contributed by atoms with Gasteiger partial charge in [0.1, 0.15) is 49.7 Å². The van der Waals surface area contributed by atoms with E-state index in [0.717, 1.165) is 10.5 Å². The van der Waals surface area contributed by atoms with Gasteiger partial charge in [-0.25, -0.2) is 15.1 Å². The lowest BCUT2D eigenvalue weighted by Crippen LogP contribution is -2.57. The number of guanidine groups is 1. The lowest BCUT2D eigenvalue weighted by Gasteiger charge is -2.33. The summed E-state index contributed by atoms with van der Waals surface area (Å²) in [5.74, 6) is -4.96. The minimum atomic E-state index is -4.50. The van der Waals surface area contributed by atoms with E-state index < -0.39 is 76.2 Å². The van der Waals surface area contributed by atoms with Crippen molar-refractivity contribution in [2.24, 2.45) is 27.3 Å². The molecule has 73 heavy (non-hydrogen) atoms. The second-order valence-electron chi connectivity index (χ2n) is 18.1. The minimum absolute atomic E-state index is 0.00448. The molecule has 4 atom stereocenters. The number of fused-ring (bicyclic) bond motifs is 5. The minimum Gasteiger partial charge on any atom is -0.504 e. The molecule has 1 unspecified atom stereocenters. The third kappa shape index (κ3) is 14.6. The highest BCUT2D eigenvalue weighted by atomic mass is 32.2. The van der Waals surface area contributed by atoms with Crippen LogP contribution in [-0.2, 0) is 41.2 Å². The largest absolute Gasteiger partial charge is 0.504 e. The van der Waals surface area contributed by atoms with Crippen LogP contribution in [0.1, 0.15) is 72.2 Å². The Morgan fingerprint density at radius 1 is 0.973 bits per heavy atom. The number of phenols is 1. The molecule has 3 aromatic carbocycles. The number of phenolic OH excluding ortho intramolecular Hbond substituents is 1. The summed E-state index contributed by atoms with van der Waals surface area (Å²) < 4.78 is 38.7. The van der Waals surface area contributed by atoms with Crippen molar-refractivity contribution in [1.82, 2.24) is 40.9 Å². The number of aromatic hydroxyl groups is 1. The number of ether oxygens (including phenoxy) is 2. The molecule has 5 amide bonds. The molecule has 4 aromatic rings. The first-order valence-electron chi connectivity index (χ1n) is 22.9. The van der Waals surface area contributed by atoms with Gasteiger partial charge in [-0.15, -0.1) is 0 Å². The van der Waals surface area contributed by atoms with Gasteiger partial charge in [-0.1, -0.05) is 51.1 Å². The number of nitrogens with one attached hydrogen (secondary N) is 5. The van der Waals surface area contributed by atoms with Crippen LogP contribution in [0.4, 0.5) is 0 Å². The van der Waals surface area contributed by atoms with Crippen molar-refractivity contribution < 1.29 is 47.0 Å². The number of aromatic nitrogens is 2. The molecule has 0 fully saturated rings.